The second-order valence-corrected chi connectivity index (χ2v) is 2.71. The quantitative estimate of drug-likeness (QED) is 0.520. The molecule has 66 valence electrons. The number of rotatable bonds is 3. The van der Waals surface area contributed by atoms with Gasteiger partial charge in [-0.2, -0.15) is 0 Å². The number of carbonyl (C=O) groups excluding carboxylic acids is 2. The van der Waals surface area contributed by atoms with Gasteiger partial charge < -0.3 is 0 Å². The Hall–Kier alpha value is -1.70. The molecule has 0 saturated carbocycles. The van der Waals surface area contributed by atoms with Crippen LogP contribution in [-0.4, -0.2) is 11.6 Å². The molecule has 0 bridgehead atoms. The van der Waals surface area contributed by atoms with Crippen molar-refractivity contribution in [2.45, 2.75) is 6.92 Å². The van der Waals surface area contributed by atoms with Gasteiger partial charge in [0, 0.05) is 11.1 Å². The van der Waals surface area contributed by atoms with E-state index in [0.717, 1.165) is 0 Å². The highest BCUT2D eigenvalue weighted by molar-refractivity contribution is 6.06. The summed E-state index contributed by atoms with van der Waals surface area (Å²) in [5.41, 5.74) is 1.05. The molecule has 0 heterocycles. The van der Waals surface area contributed by atoms with Gasteiger partial charge in [0.1, 0.15) is 0 Å². The fourth-order valence-electron chi connectivity index (χ4n) is 1.01. The van der Waals surface area contributed by atoms with Gasteiger partial charge in [0.05, 0.1) is 0 Å². The molecule has 0 aliphatic heterocycles. The van der Waals surface area contributed by atoms with Crippen LogP contribution in [0.25, 0.3) is 0 Å². The summed E-state index contributed by atoms with van der Waals surface area (Å²) in [4.78, 5) is 22.1. The average Bonchev–Trinajstić information content (AvgIpc) is 2.17. The van der Waals surface area contributed by atoms with E-state index in [-0.39, 0.29) is 11.6 Å². The molecule has 0 spiro atoms. The fourth-order valence-corrected chi connectivity index (χ4v) is 1.01. The third-order valence-corrected chi connectivity index (χ3v) is 1.74. The minimum atomic E-state index is -0.164. The number of hydrogen-bond donors (Lipinski definition) is 0. The number of benzene rings is 1. The molecular weight excluding hydrogens is 164 g/mol. The Bertz CT molecular complexity index is 364. The first-order valence-electron chi connectivity index (χ1n) is 3.93. The molecule has 1 aromatic carbocycles. The lowest BCUT2D eigenvalue weighted by molar-refractivity contribution is 0.101. The lowest BCUT2D eigenvalue weighted by atomic mass is 10.1. The van der Waals surface area contributed by atoms with Gasteiger partial charge in [0.25, 0.3) is 0 Å². The first kappa shape index (κ1) is 9.39. The zero-order valence-electron chi connectivity index (χ0n) is 7.41. The molecule has 0 aliphatic rings. The molecule has 0 aliphatic carbocycles. The van der Waals surface area contributed by atoms with Crippen molar-refractivity contribution in [3.63, 3.8) is 0 Å². The molecule has 13 heavy (non-hydrogen) atoms. The summed E-state index contributed by atoms with van der Waals surface area (Å²) in [6.07, 6.45) is 1.24. The molecule has 0 aromatic heterocycles. The number of ketones is 2. The molecule has 0 saturated heterocycles. The van der Waals surface area contributed by atoms with Gasteiger partial charge in [0.15, 0.2) is 11.6 Å². The summed E-state index contributed by atoms with van der Waals surface area (Å²) in [5.74, 6) is -0.207. The van der Waals surface area contributed by atoms with Crippen LogP contribution in [0.5, 0.6) is 0 Å². The second kappa shape index (κ2) is 3.81. The fraction of sp³-hybridized carbons (Fsp3) is 0.0909. The van der Waals surface area contributed by atoms with E-state index in [1.165, 1.54) is 13.0 Å². The van der Waals surface area contributed by atoms with Crippen LogP contribution in [0.3, 0.4) is 0 Å². The van der Waals surface area contributed by atoms with Crippen molar-refractivity contribution in [3.8, 4) is 0 Å². The average molecular weight is 174 g/mol. The monoisotopic (exact) mass is 174 g/mol. The molecule has 0 N–H and O–H groups in total. The van der Waals surface area contributed by atoms with Crippen LogP contribution in [0.4, 0.5) is 0 Å². The van der Waals surface area contributed by atoms with Crippen molar-refractivity contribution in [1.29, 1.82) is 0 Å². The SMILES string of the molecule is C=CC(=O)c1cccc(C(C)=O)c1. The molecule has 0 amide bonds. The number of carbonyl (C=O) groups is 2. The van der Waals surface area contributed by atoms with E-state index in [9.17, 15) is 9.59 Å². The Labute approximate surface area is 76.9 Å². The summed E-state index contributed by atoms with van der Waals surface area (Å²) in [7, 11) is 0. The normalized spacial score (nSPS) is 9.31. The van der Waals surface area contributed by atoms with Crippen molar-refractivity contribution >= 4 is 11.6 Å². The van der Waals surface area contributed by atoms with Gasteiger partial charge in [-0.25, -0.2) is 0 Å². The van der Waals surface area contributed by atoms with E-state index >= 15 is 0 Å². The molecule has 0 fully saturated rings. The Kier molecular flexibility index (Phi) is 2.75. The smallest absolute Gasteiger partial charge is 0.185 e. The van der Waals surface area contributed by atoms with Crippen molar-refractivity contribution < 1.29 is 9.59 Å². The molecule has 1 aromatic rings. The number of allylic oxidation sites excluding steroid dienone is 1. The van der Waals surface area contributed by atoms with Gasteiger partial charge in [0.2, 0.25) is 0 Å². The van der Waals surface area contributed by atoms with Gasteiger partial charge >= 0.3 is 0 Å². The molecule has 0 atom stereocenters. The van der Waals surface area contributed by atoms with Crippen molar-refractivity contribution in [2.24, 2.45) is 0 Å². The Morgan fingerprint density at radius 1 is 1.31 bits per heavy atom. The van der Waals surface area contributed by atoms with Gasteiger partial charge in [-0.1, -0.05) is 24.8 Å². The van der Waals surface area contributed by atoms with Crippen molar-refractivity contribution in [1.82, 2.24) is 0 Å². The maximum Gasteiger partial charge on any atom is 0.185 e. The Morgan fingerprint density at radius 2 is 1.92 bits per heavy atom. The standard InChI is InChI=1S/C11H10O2/c1-3-11(13)10-6-4-5-9(7-10)8(2)12/h3-7H,1H2,2H3. The molecule has 0 radical (unpaired) electrons. The molecule has 1 rings (SSSR count). The van der Waals surface area contributed by atoms with Crippen LogP contribution in [-0.2, 0) is 0 Å². The van der Waals surface area contributed by atoms with E-state index in [1.807, 2.05) is 0 Å². The van der Waals surface area contributed by atoms with Gasteiger partial charge in [-0.05, 0) is 19.1 Å². The van der Waals surface area contributed by atoms with Gasteiger partial charge in [-0.15, -0.1) is 0 Å². The molecule has 0 unspecified atom stereocenters. The number of Topliss-reactive ketones (excluding diaryl/α,β-unsaturated/α-hetero) is 1. The highest BCUT2D eigenvalue weighted by Crippen LogP contribution is 2.06. The maximum atomic E-state index is 11.2. The highest BCUT2D eigenvalue weighted by Gasteiger charge is 2.03. The topological polar surface area (TPSA) is 34.1 Å². The maximum absolute atomic E-state index is 11.2. The zero-order chi connectivity index (χ0) is 9.84. The minimum absolute atomic E-state index is 0.0429. The van der Waals surface area contributed by atoms with Crippen LogP contribution >= 0.6 is 0 Å². The summed E-state index contributed by atoms with van der Waals surface area (Å²) in [5, 5.41) is 0. The van der Waals surface area contributed by atoms with Crippen LogP contribution in [0.2, 0.25) is 0 Å². The highest BCUT2D eigenvalue weighted by atomic mass is 16.1. The largest absolute Gasteiger partial charge is 0.295 e. The minimum Gasteiger partial charge on any atom is -0.295 e. The van der Waals surface area contributed by atoms with E-state index < -0.39 is 0 Å². The lowest BCUT2D eigenvalue weighted by Crippen LogP contribution is -1.97. The zero-order valence-corrected chi connectivity index (χ0v) is 7.41. The lowest BCUT2D eigenvalue weighted by Gasteiger charge is -1.98. The predicted molar refractivity (Wildman–Crippen MR) is 51.0 cm³/mol. The van der Waals surface area contributed by atoms with Crippen LogP contribution in [0, 0.1) is 0 Å². The van der Waals surface area contributed by atoms with E-state index in [1.54, 1.807) is 24.3 Å². The van der Waals surface area contributed by atoms with Gasteiger partial charge in [-0.3, -0.25) is 9.59 Å². The van der Waals surface area contributed by atoms with E-state index in [2.05, 4.69) is 6.58 Å². The van der Waals surface area contributed by atoms with Crippen LogP contribution in [0.15, 0.2) is 36.9 Å². The Morgan fingerprint density at radius 3 is 2.46 bits per heavy atom. The van der Waals surface area contributed by atoms with Crippen LogP contribution in [0.1, 0.15) is 27.6 Å². The van der Waals surface area contributed by atoms with Crippen molar-refractivity contribution in [2.75, 3.05) is 0 Å². The molecule has 2 nitrogen and oxygen atoms in total. The Balaban J connectivity index is 3.12. The number of hydrogen-bond acceptors (Lipinski definition) is 2. The predicted octanol–water partition coefficient (Wildman–Crippen LogP) is 2.26. The first-order valence-corrected chi connectivity index (χ1v) is 3.93. The van der Waals surface area contributed by atoms with Crippen LogP contribution < -0.4 is 0 Å². The summed E-state index contributed by atoms with van der Waals surface area (Å²) in [6.45, 7) is 4.85. The summed E-state index contributed by atoms with van der Waals surface area (Å²) in [6, 6.07) is 6.61. The van der Waals surface area contributed by atoms with E-state index in [0.29, 0.717) is 11.1 Å². The molecule has 2 heteroatoms. The summed E-state index contributed by atoms with van der Waals surface area (Å²) >= 11 is 0. The summed E-state index contributed by atoms with van der Waals surface area (Å²) < 4.78 is 0. The van der Waals surface area contributed by atoms with E-state index in [4.69, 9.17) is 0 Å². The third-order valence-electron chi connectivity index (χ3n) is 1.74. The van der Waals surface area contributed by atoms with Crippen molar-refractivity contribution in [3.05, 3.63) is 48.0 Å². The third kappa shape index (κ3) is 2.12. The molecular formula is C11H10O2. The second-order valence-electron chi connectivity index (χ2n) is 2.71. The first-order chi connectivity index (χ1) is 6.15.